The van der Waals surface area contributed by atoms with E-state index in [1.165, 1.54) is 23.1 Å². The second-order valence-electron chi connectivity index (χ2n) is 2.10. The van der Waals surface area contributed by atoms with E-state index in [9.17, 15) is 0 Å². The van der Waals surface area contributed by atoms with Gasteiger partial charge in [0.2, 0.25) is 0 Å². The van der Waals surface area contributed by atoms with Gasteiger partial charge in [0, 0.05) is 0 Å². The van der Waals surface area contributed by atoms with E-state index in [2.05, 4.69) is 20.4 Å². The summed E-state index contributed by atoms with van der Waals surface area (Å²) >= 11 is 2.88. The molecule has 2 N–H and O–H groups in total. The number of nitrogen functional groups attached to an aromatic ring is 1. The van der Waals surface area contributed by atoms with Crippen LogP contribution >= 0.6 is 23.1 Å². The third kappa shape index (κ3) is 2.13. The summed E-state index contributed by atoms with van der Waals surface area (Å²) in [5.74, 6) is 0.418. The van der Waals surface area contributed by atoms with Gasteiger partial charge < -0.3 is 5.73 Å². The van der Waals surface area contributed by atoms with Gasteiger partial charge in [0.25, 0.3) is 0 Å². The lowest BCUT2D eigenvalue weighted by atomic mass is 10.5. The van der Waals surface area contributed by atoms with Crippen molar-refractivity contribution in [3.05, 3.63) is 17.6 Å². The first-order valence-corrected chi connectivity index (χ1v) is 5.07. The topological polar surface area (TPSA) is 77.6 Å². The monoisotopic (exact) mass is 211 g/mol. The van der Waals surface area contributed by atoms with Crippen LogP contribution in [0.3, 0.4) is 0 Å². The van der Waals surface area contributed by atoms with E-state index in [1.54, 1.807) is 17.6 Å². The normalized spacial score (nSPS) is 10.2. The molecule has 0 amide bonds. The number of hydrogen-bond donors (Lipinski definition) is 1. The van der Waals surface area contributed by atoms with Crippen molar-refractivity contribution in [2.45, 2.75) is 9.37 Å². The minimum absolute atomic E-state index is 0.418. The number of rotatable bonds is 2. The van der Waals surface area contributed by atoms with Crippen LogP contribution in [-0.2, 0) is 0 Å². The highest BCUT2D eigenvalue weighted by atomic mass is 32.2. The molecule has 0 unspecified atom stereocenters. The molecule has 7 heteroatoms. The minimum atomic E-state index is 0.418. The van der Waals surface area contributed by atoms with Crippen molar-refractivity contribution in [1.29, 1.82) is 0 Å². The quantitative estimate of drug-likeness (QED) is 0.800. The fraction of sp³-hybridized carbons (Fsp3) is 0. The molecule has 2 aromatic rings. The minimum Gasteiger partial charge on any atom is -0.382 e. The molecule has 13 heavy (non-hydrogen) atoms. The summed E-state index contributed by atoms with van der Waals surface area (Å²) in [6, 6.07) is 3.50. The number of aromatic nitrogens is 4. The molecule has 0 saturated heterocycles. The first kappa shape index (κ1) is 8.39. The Kier molecular flexibility index (Phi) is 2.37. The van der Waals surface area contributed by atoms with Gasteiger partial charge in [-0.25, -0.2) is 0 Å². The van der Waals surface area contributed by atoms with Crippen LogP contribution in [0, 0.1) is 0 Å². The van der Waals surface area contributed by atoms with Crippen LogP contribution in [0.25, 0.3) is 0 Å². The van der Waals surface area contributed by atoms with Crippen molar-refractivity contribution in [3.8, 4) is 0 Å². The van der Waals surface area contributed by atoms with Crippen molar-refractivity contribution in [2.24, 2.45) is 0 Å². The van der Waals surface area contributed by atoms with Gasteiger partial charge in [-0.2, -0.15) is 0 Å². The lowest BCUT2D eigenvalue weighted by Crippen LogP contribution is -1.92. The van der Waals surface area contributed by atoms with E-state index in [-0.39, 0.29) is 0 Å². The second kappa shape index (κ2) is 3.67. The molecule has 0 atom stereocenters. The van der Waals surface area contributed by atoms with Gasteiger partial charge in [0.1, 0.15) is 16.4 Å². The van der Waals surface area contributed by atoms with Crippen LogP contribution in [0.2, 0.25) is 0 Å². The molecule has 0 spiro atoms. The highest BCUT2D eigenvalue weighted by molar-refractivity contribution is 8.00. The SMILES string of the molecule is Nc1ccc(Sc2nncs2)nn1. The zero-order chi connectivity index (χ0) is 9.10. The van der Waals surface area contributed by atoms with Gasteiger partial charge in [0.15, 0.2) is 4.34 Å². The molecule has 0 saturated carbocycles. The van der Waals surface area contributed by atoms with Gasteiger partial charge in [-0.15, -0.1) is 20.4 Å². The molecule has 0 aromatic carbocycles. The zero-order valence-corrected chi connectivity index (χ0v) is 8.05. The summed E-state index contributed by atoms with van der Waals surface area (Å²) in [6.07, 6.45) is 0. The van der Waals surface area contributed by atoms with Crippen molar-refractivity contribution >= 4 is 28.9 Å². The molecule has 0 bridgehead atoms. The lowest BCUT2D eigenvalue weighted by molar-refractivity contribution is 0.933. The molecule has 0 aliphatic carbocycles. The predicted molar refractivity (Wildman–Crippen MR) is 50.5 cm³/mol. The van der Waals surface area contributed by atoms with Crippen LogP contribution in [0.15, 0.2) is 27.0 Å². The fourth-order valence-corrected chi connectivity index (χ4v) is 2.02. The Bertz CT molecular complexity index is 370. The van der Waals surface area contributed by atoms with E-state index in [0.717, 1.165) is 9.37 Å². The zero-order valence-electron chi connectivity index (χ0n) is 6.41. The third-order valence-electron chi connectivity index (χ3n) is 1.19. The Morgan fingerprint density at radius 3 is 2.77 bits per heavy atom. The summed E-state index contributed by atoms with van der Waals surface area (Å²) in [5.41, 5.74) is 7.07. The standard InChI is InChI=1S/C6H5N5S2/c7-4-1-2-5(10-9-4)13-6-11-8-3-12-6/h1-3H,(H2,7,9). The molecule has 5 nitrogen and oxygen atoms in total. The maximum Gasteiger partial charge on any atom is 0.180 e. The summed E-state index contributed by atoms with van der Waals surface area (Å²) in [7, 11) is 0. The maximum absolute atomic E-state index is 5.39. The van der Waals surface area contributed by atoms with E-state index >= 15 is 0 Å². The molecule has 0 aliphatic rings. The molecule has 0 fully saturated rings. The van der Waals surface area contributed by atoms with Crippen molar-refractivity contribution < 1.29 is 0 Å². The number of nitrogens with two attached hydrogens (primary N) is 1. The molecule has 66 valence electrons. The Labute approximate surface area is 82.4 Å². The van der Waals surface area contributed by atoms with Crippen molar-refractivity contribution in [3.63, 3.8) is 0 Å². The van der Waals surface area contributed by atoms with Crippen molar-refractivity contribution in [2.75, 3.05) is 5.73 Å². The van der Waals surface area contributed by atoms with Gasteiger partial charge in [0.05, 0.1) is 0 Å². The van der Waals surface area contributed by atoms with Crippen LogP contribution in [0.1, 0.15) is 0 Å². The average molecular weight is 211 g/mol. The highest BCUT2D eigenvalue weighted by Gasteiger charge is 2.01. The summed E-state index contributed by atoms with van der Waals surface area (Å²) in [4.78, 5) is 0. The van der Waals surface area contributed by atoms with Gasteiger partial charge >= 0.3 is 0 Å². The summed E-state index contributed by atoms with van der Waals surface area (Å²) < 4.78 is 0.846. The lowest BCUT2D eigenvalue weighted by Gasteiger charge is -1.94. The first-order valence-electron chi connectivity index (χ1n) is 3.38. The Balaban J connectivity index is 2.15. The molecule has 2 rings (SSSR count). The molecule has 2 aromatic heterocycles. The highest BCUT2D eigenvalue weighted by Crippen LogP contribution is 2.25. The molecular formula is C6H5N5S2. The number of hydrogen-bond acceptors (Lipinski definition) is 7. The number of nitrogens with zero attached hydrogens (tertiary/aromatic N) is 4. The fourth-order valence-electron chi connectivity index (χ4n) is 0.682. The van der Waals surface area contributed by atoms with E-state index in [4.69, 9.17) is 5.73 Å². The summed E-state index contributed by atoms with van der Waals surface area (Å²) in [6.45, 7) is 0. The second-order valence-corrected chi connectivity index (χ2v) is 4.20. The number of anilines is 1. The molecule has 2 heterocycles. The van der Waals surface area contributed by atoms with Gasteiger partial charge in [-0.1, -0.05) is 11.3 Å². The predicted octanol–water partition coefficient (Wildman–Crippen LogP) is 1.06. The van der Waals surface area contributed by atoms with E-state index in [0.29, 0.717) is 5.82 Å². The molecule has 0 radical (unpaired) electrons. The van der Waals surface area contributed by atoms with E-state index < -0.39 is 0 Å². The van der Waals surface area contributed by atoms with Crippen molar-refractivity contribution in [1.82, 2.24) is 20.4 Å². The Morgan fingerprint density at radius 2 is 2.15 bits per heavy atom. The summed E-state index contributed by atoms with van der Waals surface area (Å²) in [5, 5.41) is 15.9. The van der Waals surface area contributed by atoms with Crippen LogP contribution in [-0.4, -0.2) is 20.4 Å². The van der Waals surface area contributed by atoms with Crippen LogP contribution in [0.4, 0.5) is 5.82 Å². The van der Waals surface area contributed by atoms with Gasteiger partial charge in [-0.3, -0.25) is 0 Å². The van der Waals surface area contributed by atoms with Crippen LogP contribution in [0.5, 0.6) is 0 Å². The third-order valence-corrected chi connectivity index (χ3v) is 2.90. The largest absolute Gasteiger partial charge is 0.382 e. The molecule has 0 aliphatic heterocycles. The Morgan fingerprint density at radius 1 is 1.23 bits per heavy atom. The average Bonchev–Trinajstić information content (AvgIpc) is 2.62. The first-order chi connectivity index (χ1) is 6.34. The molecular weight excluding hydrogens is 206 g/mol. The van der Waals surface area contributed by atoms with Gasteiger partial charge in [-0.05, 0) is 23.9 Å². The van der Waals surface area contributed by atoms with E-state index in [1.807, 2.05) is 0 Å². The van der Waals surface area contributed by atoms with Crippen LogP contribution < -0.4 is 5.73 Å². The Hall–Kier alpha value is -1.21. The maximum atomic E-state index is 5.39. The smallest absolute Gasteiger partial charge is 0.180 e.